The van der Waals surface area contributed by atoms with Crippen molar-refractivity contribution in [2.24, 2.45) is 11.8 Å². The highest BCUT2D eigenvalue weighted by atomic mass is 32.1. The molecule has 1 aromatic heterocycles. The molecular formula is C17H25NO3S. The minimum atomic E-state index is -0.389. The quantitative estimate of drug-likeness (QED) is 0.847. The summed E-state index contributed by atoms with van der Waals surface area (Å²) in [6.07, 6.45) is 3.25. The highest BCUT2D eigenvalue weighted by Gasteiger charge is 2.22. The Morgan fingerprint density at radius 1 is 1.41 bits per heavy atom. The first-order valence-electron chi connectivity index (χ1n) is 7.95. The van der Waals surface area contributed by atoms with Crippen molar-refractivity contribution in [1.29, 1.82) is 0 Å². The van der Waals surface area contributed by atoms with Crippen molar-refractivity contribution < 1.29 is 14.3 Å². The average Bonchev–Trinajstić information content (AvgIpc) is 2.87. The zero-order valence-electron chi connectivity index (χ0n) is 13.8. The molecule has 0 saturated heterocycles. The van der Waals surface area contributed by atoms with Gasteiger partial charge in [0.15, 0.2) is 6.61 Å². The highest BCUT2D eigenvalue weighted by Crippen LogP contribution is 2.32. The van der Waals surface area contributed by atoms with Crippen molar-refractivity contribution >= 4 is 23.2 Å². The molecule has 2 rings (SSSR count). The summed E-state index contributed by atoms with van der Waals surface area (Å²) in [7, 11) is 0. The minimum absolute atomic E-state index is 0.0711. The molecule has 22 heavy (non-hydrogen) atoms. The Morgan fingerprint density at radius 2 is 2.14 bits per heavy atom. The third kappa shape index (κ3) is 4.32. The van der Waals surface area contributed by atoms with Gasteiger partial charge in [-0.2, -0.15) is 0 Å². The van der Waals surface area contributed by atoms with Gasteiger partial charge in [-0.25, -0.2) is 4.79 Å². The van der Waals surface area contributed by atoms with Crippen LogP contribution in [-0.4, -0.2) is 24.5 Å². The summed E-state index contributed by atoms with van der Waals surface area (Å²) in [5.41, 5.74) is 1.27. The number of hydrogen-bond acceptors (Lipinski definition) is 4. The number of nitrogens with one attached hydrogen (secondary N) is 1. The molecular weight excluding hydrogens is 298 g/mol. The second-order valence-corrected chi connectivity index (χ2v) is 7.72. The second kappa shape index (κ2) is 7.27. The van der Waals surface area contributed by atoms with Gasteiger partial charge in [-0.1, -0.05) is 20.8 Å². The molecule has 5 heteroatoms. The predicted octanol–water partition coefficient (Wildman–Crippen LogP) is 3.19. The van der Waals surface area contributed by atoms with Crippen LogP contribution in [0.2, 0.25) is 0 Å². The van der Waals surface area contributed by atoms with E-state index in [1.54, 1.807) is 0 Å². The summed E-state index contributed by atoms with van der Waals surface area (Å²) in [5.74, 6) is 0.392. The first kappa shape index (κ1) is 17.0. The van der Waals surface area contributed by atoms with E-state index < -0.39 is 0 Å². The topological polar surface area (TPSA) is 55.4 Å². The molecule has 1 aliphatic rings. The number of amides is 1. The molecule has 0 aliphatic heterocycles. The molecule has 1 N–H and O–H groups in total. The number of carbonyl (C=O) groups is 2. The van der Waals surface area contributed by atoms with Gasteiger partial charge in [0.1, 0.15) is 4.88 Å². The second-order valence-electron chi connectivity index (χ2n) is 6.58. The van der Waals surface area contributed by atoms with Crippen LogP contribution in [0.5, 0.6) is 0 Å². The van der Waals surface area contributed by atoms with Crippen LogP contribution in [0.4, 0.5) is 0 Å². The van der Waals surface area contributed by atoms with E-state index in [1.165, 1.54) is 28.2 Å². The normalized spacial score (nSPS) is 18.7. The number of esters is 1. The molecule has 0 aromatic carbocycles. The van der Waals surface area contributed by atoms with E-state index in [0.717, 1.165) is 12.8 Å². The largest absolute Gasteiger partial charge is 0.451 e. The SMILES string of the molecule is CC(C)[C@H](C)NC(=O)COC(=O)c1cc2c(s1)CC[C@@H](C)C2. The number of thiophene rings is 1. The maximum absolute atomic E-state index is 12.1. The molecule has 122 valence electrons. The van der Waals surface area contributed by atoms with Crippen LogP contribution in [0.3, 0.4) is 0 Å². The Balaban J connectivity index is 1.86. The van der Waals surface area contributed by atoms with Gasteiger partial charge < -0.3 is 10.1 Å². The third-order valence-corrected chi connectivity index (χ3v) is 5.47. The standard InChI is InChI=1S/C17H25NO3S/c1-10(2)12(4)18-16(19)9-21-17(20)15-8-13-7-11(3)5-6-14(13)22-15/h8,10-12H,5-7,9H2,1-4H3,(H,18,19)/t11-,12+/m1/s1. The lowest BCUT2D eigenvalue weighted by molar-refractivity contribution is -0.125. The Bertz CT molecular complexity index is 550. The zero-order valence-corrected chi connectivity index (χ0v) is 14.6. The summed E-state index contributed by atoms with van der Waals surface area (Å²) in [4.78, 5) is 25.7. The molecule has 0 saturated carbocycles. The summed E-state index contributed by atoms with van der Waals surface area (Å²) in [6.45, 7) is 8.04. The van der Waals surface area contributed by atoms with Crippen LogP contribution in [0.1, 0.15) is 54.2 Å². The van der Waals surface area contributed by atoms with Crippen molar-refractivity contribution in [2.75, 3.05) is 6.61 Å². The first-order chi connectivity index (χ1) is 10.4. The van der Waals surface area contributed by atoms with E-state index in [4.69, 9.17) is 4.74 Å². The Hall–Kier alpha value is -1.36. The van der Waals surface area contributed by atoms with Gasteiger partial charge in [0.2, 0.25) is 0 Å². The lowest BCUT2D eigenvalue weighted by atomic mass is 9.90. The Labute approximate surface area is 136 Å². The van der Waals surface area contributed by atoms with Crippen molar-refractivity contribution in [1.82, 2.24) is 5.32 Å². The van der Waals surface area contributed by atoms with Crippen LogP contribution < -0.4 is 5.32 Å². The fraction of sp³-hybridized carbons (Fsp3) is 0.647. The highest BCUT2D eigenvalue weighted by molar-refractivity contribution is 7.14. The van der Waals surface area contributed by atoms with Gasteiger partial charge in [0.05, 0.1) is 0 Å². The molecule has 0 unspecified atom stereocenters. The maximum Gasteiger partial charge on any atom is 0.348 e. The summed E-state index contributed by atoms with van der Waals surface area (Å²) in [6, 6.07) is 2.01. The predicted molar refractivity (Wildman–Crippen MR) is 88.2 cm³/mol. The lowest BCUT2D eigenvalue weighted by Gasteiger charge is -2.17. The van der Waals surface area contributed by atoms with Crippen molar-refractivity contribution in [3.8, 4) is 0 Å². The molecule has 4 nitrogen and oxygen atoms in total. The van der Waals surface area contributed by atoms with E-state index in [0.29, 0.717) is 16.7 Å². The smallest absolute Gasteiger partial charge is 0.348 e. The third-order valence-electron chi connectivity index (χ3n) is 4.25. The number of ether oxygens (including phenoxy) is 1. The molecule has 2 atom stereocenters. The van der Waals surface area contributed by atoms with Crippen LogP contribution in [0.15, 0.2) is 6.07 Å². The maximum atomic E-state index is 12.1. The number of carbonyl (C=O) groups excluding carboxylic acids is 2. The van der Waals surface area contributed by atoms with E-state index in [1.807, 2.05) is 26.8 Å². The summed E-state index contributed by atoms with van der Waals surface area (Å²) in [5, 5.41) is 2.83. The van der Waals surface area contributed by atoms with Gasteiger partial charge >= 0.3 is 5.97 Å². The fourth-order valence-electron chi connectivity index (χ4n) is 2.47. The van der Waals surface area contributed by atoms with E-state index in [2.05, 4.69) is 12.2 Å². The van der Waals surface area contributed by atoms with Crippen LogP contribution in [0, 0.1) is 11.8 Å². The van der Waals surface area contributed by atoms with Crippen LogP contribution in [-0.2, 0) is 22.4 Å². The minimum Gasteiger partial charge on any atom is -0.451 e. The van der Waals surface area contributed by atoms with Gasteiger partial charge in [-0.15, -0.1) is 11.3 Å². The average molecular weight is 323 g/mol. The van der Waals surface area contributed by atoms with Crippen molar-refractivity contribution in [3.63, 3.8) is 0 Å². The summed E-state index contributed by atoms with van der Waals surface area (Å²) < 4.78 is 5.13. The molecule has 1 amide bonds. The molecule has 0 radical (unpaired) electrons. The van der Waals surface area contributed by atoms with E-state index in [-0.39, 0.29) is 24.5 Å². The molecule has 0 fully saturated rings. The van der Waals surface area contributed by atoms with Crippen LogP contribution >= 0.6 is 11.3 Å². The molecule has 1 heterocycles. The van der Waals surface area contributed by atoms with Crippen LogP contribution in [0.25, 0.3) is 0 Å². The molecule has 0 spiro atoms. The fourth-order valence-corrected chi connectivity index (χ4v) is 3.57. The Morgan fingerprint density at radius 3 is 2.82 bits per heavy atom. The Kier molecular flexibility index (Phi) is 5.62. The number of rotatable bonds is 5. The molecule has 1 aliphatic carbocycles. The van der Waals surface area contributed by atoms with Gasteiger partial charge in [0, 0.05) is 10.9 Å². The monoisotopic (exact) mass is 323 g/mol. The zero-order chi connectivity index (χ0) is 16.3. The van der Waals surface area contributed by atoms with E-state index >= 15 is 0 Å². The summed E-state index contributed by atoms with van der Waals surface area (Å²) >= 11 is 1.51. The first-order valence-corrected chi connectivity index (χ1v) is 8.76. The number of hydrogen-bond donors (Lipinski definition) is 1. The van der Waals surface area contributed by atoms with Crippen molar-refractivity contribution in [3.05, 3.63) is 21.4 Å². The van der Waals surface area contributed by atoms with E-state index in [9.17, 15) is 9.59 Å². The molecule has 1 aromatic rings. The molecule has 0 bridgehead atoms. The van der Waals surface area contributed by atoms with Gasteiger partial charge in [-0.3, -0.25) is 4.79 Å². The lowest BCUT2D eigenvalue weighted by Crippen LogP contribution is -2.38. The number of aryl methyl sites for hydroxylation is 1. The van der Waals surface area contributed by atoms with Gasteiger partial charge in [0.25, 0.3) is 5.91 Å². The number of fused-ring (bicyclic) bond motifs is 1. The van der Waals surface area contributed by atoms with Crippen molar-refractivity contribution in [2.45, 2.75) is 53.0 Å². The van der Waals surface area contributed by atoms with Gasteiger partial charge in [-0.05, 0) is 49.7 Å².